The van der Waals surface area contributed by atoms with E-state index in [0.717, 1.165) is 24.1 Å². The van der Waals surface area contributed by atoms with Crippen LogP contribution in [0.5, 0.6) is 0 Å². The molecule has 0 heterocycles. The lowest BCUT2D eigenvalue weighted by molar-refractivity contribution is 0.551. The van der Waals surface area contributed by atoms with E-state index in [-0.39, 0.29) is 0 Å². The van der Waals surface area contributed by atoms with Crippen molar-refractivity contribution in [1.29, 1.82) is 0 Å². The first-order valence-electron chi connectivity index (χ1n) is 7.12. The van der Waals surface area contributed by atoms with Gasteiger partial charge in [-0.05, 0) is 36.6 Å². The van der Waals surface area contributed by atoms with Crippen LogP contribution in [0.15, 0.2) is 22.7 Å². The lowest BCUT2D eigenvalue weighted by Crippen LogP contribution is -2.32. The molecule has 1 aromatic carbocycles. The Labute approximate surface area is 126 Å². The van der Waals surface area contributed by atoms with Crippen molar-refractivity contribution >= 4 is 21.6 Å². The molecule has 0 aliphatic rings. The summed E-state index contributed by atoms with van der Waals surface area (Å²) in [5.74, 6) is 1.33. The summed E-state index contributed by atoms with van der Waals surface area (Å²) < 4.78 is 1.15. The maximum atomic E-state index is 3.60. The highest BCUT2D eigenvalue weighted by molar-refractivity contribution is 9.10. The molecule has 0 amide bonds. The second-order valence-electron chi connectivity index (χ2n) is 6.00. The fourth-order valence-electron chi connectivity index (χ4n) is 2.32. The molecule has 0 atom stereocenters. The van der Waals surface area contributed by atoms with Crippen LogP contribution in [0.25, 0.3) is 0 Å². The topological polar surface area (TPSA) is 15.3 Å². The first-order chi connectivity index (χ1) is 8.93. The highest BCUT2D eigenvalue weighted by Gasteiger charge is 2.14. The minimum Gasteiger partial charge on any atom is -0.371 e. The minimum absolute atomic E-state index is 0.667. The van der Waals surface area contributed by atoms with Crippen molar-refractivity contribution in [1.82, 2.24) is 5.32 Å². The van der Waals surface area contributed by atoms with Crippen molar-refractivity contribution in [2.24, 2.45) is 11.8 Å². The zero-order valence-corrected chi connectivity index (χ0v) is 14.4. The van der Waals surface area contributed by atoms with Crippen LogP contribution < -0.4 is 10.2 Å². The van der Waals surface area contributed by atoms with Gasteiger partial charge in [0.15, 0.2) is 0 Å². The quantitative estimate of drug-likeness (QED) is 0.804. The Morgan fingerprint density at radius 2 is 1.68 bits per heavy atom. The first kappa shape index (κ1) is 16.5. The molecule has 0 fully saturated rings. The molecule has 0 bridgehead atoms. The largest absolute Gasteiger partial charge is 0.371 e. The molecule has 1 aromatic rings. The third-order valence-corrected chi connectivity index (χ3v) is 3.42. The Morgan fingerprint density at radius 3 is 2.16 bits per heavy atom. The standard InChI is InChI=1S/C16H27BrN2/c1-12(2)10-19(11-13(3)4)16-8-15(17)7-6-14(16)9-18-5/h6-8,12-13,18H,9-11H2,1-5H3. The maximum absolute atomic E-state index is 3.60. The Hall–Kier alpha value is -0.540. The molecule has 1 N–H and O–H groups in total. The van der Waals surface area contributed by atoms with E-state index in [1.54, 1.807) is 0 Å². The van der Waals surface area contributed by atoms with Crippen molar-refractivity contribution in [3.63, 3.8) is 0 Å². The van der Waals surface area contributed by atoms with Crippen LogP contribution >= 0.6 is 15.9 Å². The van der Waals surface area contributed by atoms with Crippen LogP contribution in [0, 0.1) is 11.8 Å². The molecule has 0 saturated carbocycles. The van der Waals surface area contributed by atoms with Gasteiger partial charge in [0.2, 0.25) is 0 Å². The zero-order valence-electron chi connectivity index (χ0n) is 12.8. The fourth-order valence-corrected chi connectivity index (χ4v) is 2.67. The monoisotopic (exact) mass is 326 g/mol. The number of hydrogen-bond donors (Lipinski definition) is 1. The van der Waals surface area contributed by atoms with Crippen LogP contribution in [0.3, 0.4) is 0 Å². The van der Waals surface area contributed by atoms with E-state index in [2.05, 4.69) is 72.0 Å². The molecule has 0 radical (unpaired) electrons. The number of hydrogen-bond acceptors (Lipinski definition) is 2. The van der Waals surface area contributed by atoms with Crippen molar-refractivity contribution in [3.05, 3.63) is 28.2 Å². The maximum Gasteiger partial charge on any atom is 0.0423 e. The van der Waals surface area contributed by atoms with Crippen molar-refractivity contribution in [3.8, 4) is 0 Å². The van der Waals surface area contributed by atoms with Crippen LogP contribution in [-0.2, 0) is 6.54 Å². The molecule has 108 valence electrons. The second-order valence-corrected chi connectivity index (χ2v) is 6.91. The lowest BCUT2D eigenvalue weighted by Gasteiger charge is -2.30. The molecule has 2 nitrogen and oxygen atoms in total. The SMILES string of the molecule is CNCc1ccc(Br)cc1N(CC(C)C)CC(C)C. The molecule has 0 aliphatic heterocycles. The molecule has 3 heteroatoms. The molecule has 0 unspecified atom stereocenters. The predicted octanol–water partition coefficient (Wildman–Crippen LogP) is 4.29. The van der Waals surface area contributed by atoms with E-state index in [1.807, 2.05) is 7.05 Å². The van der Waals surface area contributed by atoms with Crippen LogP contribution in [0.1, 0.15) is 33.3 Å². The van der Waals surface area contributed by atoms with Crippen molar-refractivity contribution < 1.29 is 0 Å². The van der Waals surface area contributed by atoms with E-state index < -0.39 is 0 Å². The first-order valence-corrected chi connectivity index (χ1v) is 7.91. The smallest absolute Gasteiger partial charge is 0.0423 e. The summed E-state index contributed by atoms with van der Waals surface area (Å²) in [5.41, 5.74) is 2.72. The van der Waals surface area contributed by atoms with Gasteiger partial charge in [-0.15, -0.1) is 0 Å². The number of nitrogens with zero attached hydrogens (tertiary/aromatic N) is 1. The summed E-state index contributed by atoms with van der Waals surface area (Å²) in [6.07, 6.45) is 0. The highest BCUT2D eigenvalue weighted by atomic mass is 79.9. The van der Waals surface area contributed by atoms with Crippen molar-refractivity contribution in [2.75, 3.05) is 25.0 Å². The summed E-state index contributed by atoms with van der Waals surface area (Å²) in [6, 6.07) is 6.58. The third-order valence-electron chi connectivity index (χ3n) is 2.93. The third kappa shape index (κ3) is 5.53. The summed E-state index contributed by atoms with van der Waals surface area (Å²) in [6.45, 7) is 12.2. The van der Waals surface area contributed by atoms with E-state index in [9.17, 15) is 0 Å². The Balaban J connectivity index is 3.07. The van der Waals surface area contributed by atoms with Crippen LogP contribution in [-0.4, -0.2) is 20.1 Å². The Kier molecular flexibility index (Phi) is 6.87. The molecule has 0 aliphatic carbocycles. The summed E-state index contributed by atoms with van der Waals surface area (Å²) in [4.78, 5) is 2.52. The van der Waals surface area contributed by atoms with Crippen molar-refractivity contribution in [2.45, 2.75) is 34.2 Å². The number of halogens is 1. The van der Waals surface area contributed by atoms with Gasteiger partial charge in [-0.3, -0.25) is 0 Å². The Bertz CT molecular complexity index is 378. The Morgan fingerprint density at radius 1 is 1.11 bits per heavy atom. The molecule has 0 aromatic heterocycles. The summed E-state index contributed by atoms with van der Waals surface area (Å²) in [5, 5.41) is 3.26. The lowest BCUT2D eigenvalue weighted by atomic mass is 10.1. The zero-order chi connectivity index (χ0) is 14.4. The normalized spacial score (nSPS) is 11.4. The number of rotatable bonds is 7. The summed E-state index contributed by atoms with van der Waals surface area (Å²) in [7, 11) is 2.00. The van der Waals surface area contributed by atoms with E-state index in [0.29, 0.717) is 11.8 Å². The molecule has 0 spiro atoms. The fraction of sp³-hybridized carbons (Fsp3) is 0.625. The average molecular weight is 327 g/mol. The van der Waals surface area contributed by atoms with Gasteiger partial charge in [0.1, 0.15) is 0 Å². The van der Waals surface area contributed by atoms with Gasteiger partial charge >= 0.3 is 0 Å². The second kappa shape index (κ2) is 7.91. The van der Waals surface area contributed by atoms with Gasteiger partial charge in [-0.1, -0.05) is 49.7 Å². The molecule has 19 heavy (non-hydrogen) atoms. The van der Waals surface area contributed by atoms with Crippen LogP contribution in [0.2, 0.25) is 0 Å². The minimum atomic E-state index is 0.667. The van der Waals surface area contributed by atoms with Gasteiger partial charge in [0, 0.05) is 29.8 Å². The van der Waals surface area contributed by atoms with Crippen LogP contribution in [0.4, 0.5) is 5.69 Å². The number of nitrogens with one attached hydrogen (secondary N) is 1. The van der Waals surface area contributed by atoms with E-state index in [4.69, 9.17) is 0 Å². The van der Waals surface area contributed by atoms with E-state index >= 15 is 0 Å². The number of benzene rings is 1. The predicted molar refractivity (Wildman–Crippen MR) is 88.8 cm³/mol. The van der Waals surface area contributed by atoms with Gasteiger partial charge < -0.3 is 10.2 Å². The van der Waals surface area contributed by atoms with Gasteiger partial charge in [0.05, 0.1) is 0 Å². The van der Waals surface area contributed by atoms with Gasteiger partial charge in [-0.2, -0.15) is 0 Å². The van der Waals surface area contributed by atoms with Gasteiger partial charge in [-0.25, -0.2) is 0 Å². The molecule has 1 rings (SSSR count). The number of anilines is 1. The molecule has 0 saturated heterocycles. The molecular weight excluding hydrogens is 300 g/mol. The highest BCUT2D eigenvalue weighted by Crippen LogP contribution is 2.27. The van der Waals surface area contributed by atoms with E-state index in [1.165, 1.54) is 11.3 Å². The molecular formula is C16H27BrN2. The van der Waals surface area contributed by atoms with Gasteiger partial charge in [0.25, 0.3) is 0 Å². The average Bonchev–Trinajstić information content (AvgIpc) is 2.29. The summed E-state index contributed by atoms with van der Waals surface area (Å²) >= 11 is 3.60.